The summed E-state index contributed by atoms with van der Waals surface area (Å²) in [5.74, 6) is 0. The largest absolute Gasteiger partial charge is 0.361 e. The molecule has 0 saturated carbocycles. The van der Waals surface area contributed by atoms with Gasteiger partial charge in [0.25, 0.3) is 11.4 Å². The van der Waals surface area contributed by atoms with Gasteiger partial charge in [-0.25, -0.2) is 0 Å². The number of nitro benzene ring substituents is 2. The Bertz CT molecular complexity index is 1410. The van der Waals surface area contributed by atoms with E-state index in [1.165, 1.54) is 12.1 Å². The Morgan fingerprint density at radius 3 is 1.62 bits per heavy atom. The van der Waals surface area contributed by atoms with Crippen molar-refractivity contribution in [3.63, 3.8) is 0 Å². The molecule has 0 amide bonds. The molecule has 32 heavy (non-hydrogen) atoms. The normalized spacial score (nSPS) is 11.8. The second-order valence-electron chi connectivity index (χ2n) is 7.87. The first kappa shape index (κ1) is 19.5. The lowest BCUT2D eigenvalue weighted by Gasteiger charge is -2.30. The molecular weight excluding hydrogens is 408 g/mol. The number of nitrogens with zero attached hydrogens (tertiary/aromatic N) is 2. The predicted molar refractivity (Wildman–Crippen MR) is 122 cm³/mol. The van der Waals surface area contributed by atoms with Gasteiger partial charge in [0.15, 0.2) is 0 Å². The zero-order valence-electron chi connectivity index (χ0n) is 17.0. The van der Waals surface area contributed by atoms with Crippen LogP contribution in [0.4, 0.5) is 11.4 Å². The highest BCUT2D eigenvalue weighted by Crippen LogP contribution is 2.45. The number of hydrogen-bond donors (Lipinski definition) is 2. The second kappa shape index (κ2) is 7.05. The number of nitro groups is 2. The summed E-state index contributed by atoms with van der Waals surface area (Å²) in [5, 5.41) is 24.3. The highest BCUT2D eigenvalue weighted by Gasteiger charge is 2.36. The van der Waals surface area contributed by atoms with Gasteiger partial charge in [-0.3, -0.25) is 20.2 Å². The number of rotatable bonds is 5. The minimum Gasteiger partial charge on any atom is -0.361 e. The molecule has 8 nitrogen and oxygen atoms in total. The van der Waals surface area contributed by atoms with Gasteiger partial charge in [0, 0.05) is 63.9 Å². The summed E-state index contributed by atoms with van der Waals surface area (Å²) < 4.78 is 0. The molecule has 0 aliphatic rings. The van der Waals surface area contributed by atoms with Gasteiger partial charge in [-0.15, -0.1) is 0 Å². The molecule has 2 N–H and O–H groups in total. The van der Waals surface area contributed by atoms with Gasteiger partial charge in [0.2, 0.25) is 0 Å². The Labute approximate surface area is 181 Å². The van der Waals surface area contributed by atoms with Gasteiger partial charge in [-0.2, -0.15) is 0 Å². The molecule has 0 saturated heterocycles. The van der Waals surface area contributed by atoms with Gasteiger partial charge in [0.05, 0.1) is 9.85 Å². The summed E-state index contributed by atoms with van der Waals surface area (Å²) in [6.45, 7) is 2.03. The van der Waals surface area contributed by atoms with Gasteiger partial charge >= 0.3 is 0 Å². The molecule has 2 heterocycles. The molecule has 0 radical (unpaired) electrons. The van der Waals surface area contributed by atoms with E-state index in [9.17, 15) is 20.2 Å². The van der Waals surface area contributed by atoms with E-state index in [-0.39, 0.29) is 11.4 Å². The molecule has 8 heteroatoms. The van der Waals surface area contributed by atoms with Crippen LogP contribution in [-0.4, -0.2) is 19.8 Å². The van der Waals surface area contributed by atoms with Crippen LogP contribution in [0, 0.1) is 20.2 Å². The Hall–Kier alpha value is -4.46. The summed E-state index contributed by atoms with van der Waals surface area (Å²) in [6.07, 6.45) is 3.72. The van der Waals surface area contributed by atoms with Gasteiger partial charge in [-0.05, 0) is 35.7 Å². The highest BCUT2D eigenvalue weighted by molar-refractivity contribution is 5.92. The summed E-state index contributed by atoms with van der Waals surface area (Å²) in [6, 6.07) is 19.2. The molecule has 0 unspecified atom stereocenters. The number of hydrogen-bond acceptors (Lipinski definition) is 4. The molecule has 0 fully saturated rings. The SMILES string of the molecule is CC(c1ccccc1)(c1c[nH]c2ccc([N+](=O)[O-])cc12)c1c[nH]c2ccc([N+](=O)[O-])cc12. The lowest BCUT2D eigenvalue weighted by atomic mass is 9.71. The third kappa shape index (κ3) is 2.84. The van der Waals surface area contributed by atoms with E-state index >= 15 is 0 Å². The van der Waals surface area contributed by atoms with Crippen LogP contribution in [0.1, 0.15) is 23.6 Å². The van der Waals surface area contributed by atoms with E-state index in [1.54, 1.807) is 24.3 Å². The van der Waals surface area contributed by atoms with Crippen LogP contribution < -0.4 is 0 Å². The number of aromatic nitrogens is 2. The number of nitrogens with one attached hydrogen (secondary N) is 2. The Balaban J connectivity index is 1.86. The van der Waals surface area contributed by atoms with Crippen LogP contribution >= 0.6 is 0 Å². The minimum absolute atomic E-state index is 0.00308. The van der Waals surface area contributed by atoms with E-state index in [0.29, 0.717) is 0 Å². The van der Waals surface area contributed by atoms with Crippen molar-refractivity contribution in [3.8, 4) is 0 Å². The summed E-state index contributed by atoms with van der Waals surface area (Å²) in [4.78, 5) is 28.5. The standard InChI is InChI=1S/C24H18N4O4/c1-24(15-5-3-2-4-6-15,20-13-25-22-9-7-16(27(29)30)11-18(20)22)21-14-26-23-10-8-17(28(31)32)12-19(21)23/h2-14,25-26H,1H3. The van der Waals surface area contributed by atoms with Crippen LogP contribution in [0.2, 0.25) is 0 Å². The van der Waals surface area contributed by atoms with Crippen molar-refractivity contribution in [2.24, 2.45) is 0 Å². The summed E-state index contributed by atoms with van der Waals surface area (Å²) >= 11 is 0. The van der Waals surface area contributed by atoms with Crippen molar-refractivity contribution in [1.29, 1.82) is 0 Å². The molecule has 5 rings (SSSR count). The quantitative estimate of drug-likeness (QED) is 0.272. The average Bonchev–Trinajstić information content (AvgIpc) is 3.43. The maximum absolute atomic E-state index is 11.4. The van der Waals surface area contributed by atoms with Crippen molar-refractivity contribution >= 4 is 33.2 Å². The summed E-state index contributed by atoms with van der Waals surface area (Å²) in [5.41, 5.74) is 3.45. The van der Waals surface area contributed by atoms with Crippen molar-refractivity contribution in [1.82, 2.24) is 9.97 Å². The van der Waals surface area contributed by atoms with Crippen LogP contribution in [0.15, 0.2) is 79.1 Å². The molecule has 0 aliphatic carbocycles. The third-order valence-electron chi connectivity index (χ3n) is 6.18. The van der Waals surface area contributed by atoms with Crippen molar-refractivity contribution in [3.05, 3.63) is 116 Å². The van der Waals surface area contributed by atoms with Gasteiger partial charge in [-0.1, -0.05) is 30.3 Å². The maximum atomic E-state index is 11.4. The zero-order valence-corrected chi connectivity index (χ0v) is 17.0. The molecule has 5 aromatic rings. The van der Waals surface area contributed by atoms with Crippen molar-refractivity contribution in [2.75, 3.05) is 0 Å². The molecule has 3 aromatic carbocycles. The topological polar surface area (TPSA) is 118 Å². The lowest BCUT2D eigenvalue weighted by molar-refractivity contribution is -0.384. The highest BCUT2D eigenvalue weighted by atomic mass is 16.6. The van der Waals surface area contributed by atoms with E-state index in [0.717, 1.165) is 38.5 Å². The first-order valence-electron chi connectivity index (χ1n) is 9.97. The first-order valence-corrected chi connectivity index (χ1v) is 9.97. The average molecular weight is 426 g/mol. The second-order valence-corrected chi connectivity index (χ2v) is 7.87. The fourth-order valence-electron chi connectivity index (χ4n) is 4.50. The Morgan fingerprint density at radius 1 is 0.719 bits per heavy atom. The van der Waals surface area contributed by atoms with Crippen LogP contribution in [0.25, 0.3) is 21.8 Å². The summed E-state index contributed by atoms with van der Waals surface area (Å²) in [7, 11) is 0. The minimum atomic E-state index is -0.748. The zero-order chi connectivity index (χ0) is 22.5. The molecule has 0 aliphatic heterocycles. The monoisotopic (exact) mass is 426 g/mol. The van der Waals surface area contributed by atoms with E-state index < -0.39 is 15.3 Å². The van der Waals surface area contributed by atoms with Crippen molar-refractivity contribution in [2.45, 2.75) is 12.3 Å². The molecule has 158 valence electrons. The lowest BCUT2D eigenvalue weighted by Crippen LogP contribution is -2.24. The van der Waals surface area contributed by atoms with Crippen LogP contribution in [0.5, 0.6) is 0 Å². The van der Waals surface area contributed by atoms with Crippen LogP contribution in [-0.2, 0) is 5.41 Å². The molecular formula is C24H18N4O4. The molecule has 2 aromatic heterocycles. The van der Waals surface area contributed by atoms with E-state index in [1.807, 2.05) is 49.6 Å². The molecule has 0 atom stereocenters. The predicted octanol–water partition coefficient (Wildman–Crippen LogP) is 5.82. The number of non-ortho nitro benzene ring substituents is 2. The Kier molecular flexibility index (Phi) is 4.30. The van der Waals surface area contributed by atoms with Crippen LogP contribution in [0.3, 0.4) is 0 Å². The fraction of sp³-hybridized carbons (Fsp3) is 0.0833. The Morgan fingerprint density at radius 2 is 1.19 bits per heavy atom. The smallest absolute Gasteiger partial charge is 0.270 e. The number of fused-ring (bicyclic) bond motifs is 2. The number of benzene rings is 3. The fourth-order valence-corrected chi connectivity index (χ4v) is 4.50. The van der Waals surface area contributed by atoms with Gasteiger partial charge < -0.3 is 9.97 Å². The van der Waals surface area contributed by atoms with Gasteiger partial charge in [0.1, 0.15) is 0 Å². The van der Waals surface area contributed by atoms with E-state index in [4.69, 9.17) is 0 Å². The molecule has 0 spiro atoms. The molecule has 0 bridgehead atoms. The van der Waals surface area contributed by atoms with Crippen molar-refractivity contribution < 1.29 is 9.85 Å². The van der Waals surface area contributed by atoms with E-state index in [2.05, 4.69) is 9.97 Å². The number of H-pyrrole nitrogens is 2. The third-order valence-corrected chi connectivity index (χ3v) is 6.18. The number of aromatic amines is 2. The first-order chi connectivity index (χ1) is 15.4. The maximum Gasteiger partial charge on any atom is 0.270 e.